The van der Waals surface area contributed by atoms with Crippen LogP contribution in [0.25, 0.3) is 0 Å². The Morgan fingerprint density at radius 1 is 0.821 bits per heavy atom. The fourth-order valence-corrected chi connectivity index (χ4v) is 3.53. The van der Waals surface area contributed by atoms with E-state index in [0.717, 1.165) is 56.8 Å². The molecule has 0 radical (unpaired) electrons. The van der Waals surface area contributed by atoms with Gasteiger partial charge in [-0.05, 0) is 48.0 Å². The number of anilines is 1. The lowest BCUT2D eigenvalue weighted by atomic mass is 9.98. The second-order valence-electron chi connectivity index (χ2n) is 7.87. The Labute approximate surface area is 216 Å². The summed E-state index contributed by atoms with van der Waals surface area (Å²) in [6, 6.07) is 5.47. The third-order valence-electron chi connectivity index (χ3n) is 5.30. The second-order valence-corrected chi connectivity index (χ2v) is 7.87. The van der Waals surface area contributed by atoms with Crippen LogP contribution in [0.4, 0.5) is 36.8 Å². The summed E-state index contributed by atoms with van der Waals surface area (Å²) in [7, 11) is 2.15. The summed E-state index contributed by atoms with van der Waals surface area (Å²) >= 11 is 0. The molecular weight excluding hydrogens is 536 g/mol. The van der Waals surface area contributed by atoms with Crippen LogP contribution < -0.4 is 10.6 Å². The number of carbonyl (C=O) groups excluding carboxylic acids is 3. The quantitative estimate of drug-likeness (QED) is 0.303. The van der Waals surface area contributed by atoms with Crippen molar-refractivity contribution in [1.29, 1.82) is 0 Å². The molecule has 0 aliphatic carbocycles. The summed E-state index contributed by atoms with van der Waals surface area (Å²) in [6.45, 7) is 0. The molecule has 0 saturated carbocycles. The van der Waals surface area contributed by atoms with Gasteiger partial charge in [-0.2, -0.15) is 26.3 Å². The zero-order chi connectivity index (χ0) is 29.0. The average Bonchev–Trinajstić information content (AvgIpc) is 2.89. The summed E-state index contributed by atoms with van der Waals surface area (Å²) in [5, 5.41) is 4.56. The fraction of sp³-hybridized carbons (Fsp3) is 0.200. The van der Waals surface area contributed by atoms with Gasteiger partial charge in [0.25, 0.3) is 0 Å². The molecule has 2 aromatic carbocycles. The Balaban J connectivity index is 2.02. The van der Waals surface area contributed by atoms with E-state index in [1.807, 2.05) is 0 Å². The maximum atomic E-state index is 13.7. The Kier molecular flexibility index (Phi) is 8.47. The van der Waals surface area contributed by atoms with Crippen molar-refractivity contribution in [3.63, 3.8) is 0 Å². The number of nitrogens with zero attached hydrogens (tertiary/aromatic N) is 1. The van der Waals surface area contributed by atoms with E-state index in [0.29, 0.717) is 18.2 Å². The van der Waals surface area contributed by atoms with Crippen molar-refractivity contribution in [1.82, 2.24) is 10.3 Å². The van der Waals surface area contributed by atoms with E-state index in [1.165, 1.54) is 0 Å². The summed E-state index contributed by atoms with van der Waals surface area (Å²) in [6.07, 6.45) is -8.58. The number of nitrogens with one attached hydrogen (secondary N) is 2. The molecule has 0 bridgehead atoms. The van der Waals surface area contributed by atoms with Crippen LogP contribution >= 0.6 is 0 Å². The summed E-state index contributed by atoms with van der Waals surface area (Å²) < 4.78 is 89.5. The number of amides is 2. The number of urea groups is 1. The van der Waals surface area contributed by atoms with Crippen LogP contribution in [-0.4, -0.2) is 37.2 Å². The molecule has 0 fully saturated rings. The molecule has 14 heteroatoms. The Hall–Kier alpha value is -4.62. The standard InChI is InChI=1S/C25H19F6N3O5/c1-38-21(35)14-10-15(22(36)39-2)12-17(11-14)33-23(37)34-19(13-5-7-16(8-6-13)24(26,27)28)20-18(25(29,30)31)4-3-9-32-20/h3-12,19H,1-2H3,(H2,33,34,37). The number of halogens is 6. The highest BCUT2D eigenvalue weighted by atomic mass is 19.4. The lowest BCUT2D eigenvalue weighted by Gasteiger charge is -2.23. The maximum Gasteiger partial charge on any atom is 0.418 e. The van der Waals surface area contributed by atoms with Crippen molar-refractivity contribution >= 4 is 23.7 Å². The molecule has 206 valence electrons. The molecule has 0 aliphatic heterocycles. The number of pyridine rings is 1. The van der Waals surface area contributed by atoms with E-state index in [2.05, 4.69) is 25.1 Å². The highest BCUT2D eigenvalue weighted by Crippen LogP contribution is 2.36. The van der Waals surface area contributed by atoms with E-state index < -0.39 is 53.2 Å². The first-order valence-corrected chi connectivity index (χ1v) is 10.8. The lowest BCUT2D eigenvalue weighted by Crippen LogP contribution is -2.35. The molecule has 1 heterocycles. The van der Waals surface area contributed by atoms with Crippen molar-refractivity contribution in [3.05, 3.63) is 94.3 Å². The van der Waals surface area contributed by atoms with Gasteiger partial charge in [-0.25, -0.2) is 14.4 Å². The third kappa shape index (κ3) is 7.03. The zero-order valence-electron chi connectivity index (χ0n) is 20.1. The average molecular weight is 555 g/mol. The van der Waals surface area contributed by atoms with Crippen molar-refractivity contribution < 1.29 is 50.2 Å². The van der Waals surface area contributed by atoms with E-state index in [-0.39, 0.29) is 22.4 Å². The number of alkyl halides is 6. The number of benzene rings is 2. The largest absolute Gasteiger partial charge is 0.465 e. The number of rotatable bonds is 6. The number of aromatic nitrogens is 1. The predicted octanol–water partition coefficient (Wildman–Crippen LogP) is 5.60. The van der Waals surface area contributed by atoms with Gasteiger partial charge in [-0.3, -0.25) is 4.98 Å². The molecule has 1 atom stereocenters. The van der Waals surface area contributed by atoms with Crippen molar-refractivity contribution in [2.24, 2.45) is 0 Å². The number of methoxy groups -OCH3 is 2. The van der Waals surface area contributed by atoms with Gasteiger partial charge in [0.1, 0.15) is 0 Å². The smallest absolute Gasteiger partial charge is 0.418 e. The first-order valence-electron chi connectivity index (χ1n) is 10.8. The van der Waals surface area contributed by atoms with Crippen LogP contribution in [0.3, 0.4) is 0 Å². The highest BCUT2D eigenvalue weighted by Gasteiger charge is 2.37. The van der Waals surface area contributed by atoms with Crippen LogP contribution in [0, 0.1) is 0 Å². The first-order chi connectivity index (χ1) is 18.2. The molecule has 1 unspecified atom stereocenters. The van der Waals surface area contributed by atoms with Gasteiger partial charge in [0, 0.05) is 11.9 Å². The summed E-state index contributed by atoms with van der Waals surface area (Å²) in [5.74, 6) is -1.73. The molecule has 1 aromatic heterocycles. The number of hydrogen-bond acceptors (Lipinski definition) is 6. The molecule has 3 rings (SSSR count). The van der Waals surface area contributed by atoms with Crippen LogP contribution in [0.5, 0.6) is 0 Å². The fourth-order valence-electron chi connectivity index (χ4n) is 3.53. The van der Waals surface area contributed by atoms with Gasteiger partial charge in [0.2, 0.25) is 0 Å². The predicted molar refractivity (Wildman–Crippen MR) is 124 cm³/mol. The molecule has 2 N–H and O–H groups in total. The Bertz CT molecular complexity index is 1340. The van der Waals surface area contributed by atoms with Gasteiger partial charge in [0.05, 0.1) is 48.2 Å². The molecule has 0 spiro atoms. The second kappa shape index (κ2) is 11.4. The molecule has 8 nitrogen and oxygen atoms in total. The zero-order valence-corrected chi connectivity index (χ0v) is 20.1. The van der Waals surface area contributed by atoms with Crippen LogP contribution in [0.15, 0.2) is 60.8 Å². The van der Waals surface area contributed by atoms with Crippen molar-refractivity contribution in [3.8, 4) is 0 Å². The maximum absolute atomic E-state index is 13.7. The van der Waals surface area contributed by atoms with E-state index in [1.54, 1.807) is 0 Å². The van der Waals surface area contributed by atoms with Gasteiger partial charge in [0.15, 0.2) is 0 Å². The molecular formula is C25H19F6N3O5. The molecule has 0 saturated heterocycles. The Morgan fingerprint density at radius 3 is 1.87 bits per heavy atom. The van der Waals surface area contributed by atoms with Crippen molar-refractivity contribution in [2.45, 2.75) is 18.4 Å². The summed E-state index contributed by atoms with van der Waals surface area (Å²) in [4.78, 5) is 40.6. The topological polar surface area (TPSA) is 107 Å². The van der Waals surface area contributed by atoms with E-state index in [4.69, 9.17) is 0 Å². The Morgan fingerprint density at radius 2 is 1.38 bits per heavy atom. The number of ether oxygens (including phenoxy) is 2. The minimum absolute atomic E-state index is 0.138. The van der Waals surface area contributed by atoms with Crippen LogP contribution in [0.1, 0.15) is 49.1 Å². The normalized spacial score (nSPS) is 12.3. The molecule has 0 aliphatic rings. The van der Waals surface area contributed by atoms with Gasteiger partial charge in [-0.15, -0.1) is 0 Å². The molecule has 39 heavy (non-hydrogen) atoms. The van der Waals surface area contributed by atoms with Gasteiger partial charge in [-0.1, -0.05) is 12.1 Å². The van der Waals surface area contributed by atoms with Crippen molar-refractivity contribution in [2.75, 3.05) is 19.5 Å². The molecule has 3 aromatic rings. The number of carbonyl (C=O) groups is 3. The number of esters is 2. The minimum atomic E-state index is -4.91. The van der Waals surface area contributed by atoms with Crippen LogP contribution in [-0.2, 0) is 21.8 Å². The highest BCUT2D eigenvalue weighted by molar-refractivity contribution is 5.99. The molecule has 2 amide bonds. The SMILES string of the molecule is COC(=O)c1cc(NC(=O)NC(c2ccc(C(F)(F)F)cc2)c2ncccc2C(F)(F)F)cc(C(=O)OC)c1. The van der Waals surface area contributed by atoms with E-state index in [9.17, 15) is 40.7 Å². The third-order valence-corrected chi connectivity index (χ3v) is 5.30. The lowest BCUT2D eigenvalue weighted by molar-refractivity contribution is -0.139. The van der Waals surface area contributed by atoms with Gasteiger partial charge < -0.3 is 20.1 Å². The van der Waals surface area contributed by atoms with E-state index >= 15 is 0 Å². The number of hydrogen-bond donors (Lipinski definition) is 2. The monoisotopic (exact) mass is 555 g/mol. The van der Waals surface area contributed by atoms with Gasteiger partial charge >= 0.3 is 30.3 Å². The first kappa shape index (κ1) is 28.9. The minimum Gasteiger partial charge on any atom is -0.465 e. The summed E-state index contributed by atoms with van der Waals surface area (Å²) in [5.41, 5.74) is -3.55. The van der Waals surface area contributed by atoms with Crippen LogP contribution in [0.2, 0.25) is 0 Å².